The summed E-state index contributed by atoms with van der Waals surface area (Å²) >= 11 is 0. The van der Waals surface area contributed by atoms with E-state index in [4.69, 9.17) is 14.6 Å². The van der Waals surface area contributed by atoms with Gasteiger partial charge in [0.05, 0.1) is 5.69 Å². The van der Waals surface area contributed by atoms with Crippen molar-refractivity contribution in [1.82, 2.24) is 0 Å². The average molecular weight is 281 g/mol. The second kappa shape index (κ2) is 7.37. The fourth-order valence-electron chi connectivity index (χ4n) is 1.53. The Morgan fingerprint density at radius 3 is 2.60 bits per heavy atom. The molecule has 2 N–H and O–H groups in total. The summed E-state index contributed by atoms with van der Waals surface area (Å²) in [6.07, 6.45) is 0. The second-order valence-electron chi connectivity index (χ2n) is 4.59. The third kappa shape index (κ3) is 5.60. The van der Waals surface area contributed by atoms with E-state index in [-0.39, 0.29) is 18.6 Å². The monoisotopic (exact) mass is 281 g/mol. The molecule has 0 aliphatic rings. The highest BCUT2D eigenvalue weighted by molar-refractivity contribution is 5.69. The van der Waals surface area contributed by atoms with Crippen LogP contribution in [-0.2, 0) is 20.9 Å². The molecule has 0 amide bonds. The van der Waals surface area contributed by atoms with Crippen molar-refractivity contribution in [2.45, 2.75) is 33.4 Å². The Morgan fingerprint density at radius 2 is 2.05 bits per heavy atom. The highest BCUT2D eigenvalue weighted by atomic mass is 16.5. The summed E-state index contributed by atoms with van der Waals surface area (Å²) in [5.74, 6) is -1.00. The van der Waals surface area contributed by atoms with Gasteiger partial charge < -0.3 is 19.9 Å². The Bertz CT molecular complexity index is 484. The van der Waals surface area contributed by atoms with Crippen molar-refractivity contribution in [3.05, 3.63) is 23.8 Å². The zero-order valence-corrected chi connectivity index (χ0v) is 11.8. The minimum Gasteiger partial charge on any atom is -0.480 e. The van der Waals surface area contributed by atoms with Crippen LogP contribution in [0.25, 0.3) is 0 Å². The number of carbonyl (C=O) groups excluding carboxylic acids is 1. The normalized spacial score (nSPS) is 10.2. The highest BCUT2D eigenvalue weighted by Crippen LogP contribution is 2.27. The standard InChI is InChI=1S/C14H19NO5/c1-9(2)15-12-5-4-11(7-19-10(3)16)6-13(12)20-8-14(17)18/h4-6,9,15H,7-8H2,1-3H3,(H,17,18). The molecule has 0 saturated heterocycles. The first-order chi connectivity index (χ1) is 9.38. The minimum absolute atomic E-state index is 0.126. The van der Waals surface area contributed by atoms with E-state index < -0.39 is 12.6 Å². The lowest BCUT2D eigenvalue weighted by Crippen LogP contribution is -2.14. The first-order valence-electron chi connectivity index (χ1n) is 6.26. The minimum atomic E-state index is -1.05. The fourth-order valence-corrected chi connectivity index (χ4v) is 1.53. The zero-order valence-electron chi connectivity index (χ0n) is 11.8. The maximum Gasteiger partial charge on any atom is 0.341 e. The summed E-state index contributed by atoms with van der Waals surface area (Å²) in [4.78, 5) is 21.4. The number of benzene rings is 1. The molecule has 0 atom stereocenters. The van der Waals surface area contributed by atoms with Gasteiger partial charge in [-0.05, 0) is 31.5 Å². The van der Waals surface area contributed by atoms with Crippen molar-refractivity contribution in [3.8, 4) is 5.75 Å². The van der Waals surface area contributed by atoms with Gasteiger partial charge in [0.25, 0.3) is 0 Å². The molecule has 6 heteroatoms. The number of carboxylic acid groups (broad SMARTS) is 1. The van der Waals surface area contributed by atoms with Gasteiger partial charge in [0.2, 0.25) is 0 Å². The lowest BCUT2D eigenvalue weighted by molar-refractivity contribution is -0.142. The van der Waals surface area contributed by atoms with Crippen molar-refractivity contribution in [2.75, 3.05) is 11.9 Å². The Kier molecular flexibility index (Phi) is 5.83. The molecule has 0 radical (unpaired) electrons. The predicted octanol–water partition coefficient (Wildman–Crippen LogP) is 2.03. The number of aliphatic carboxylic acids is 1. The van der Waals surface area contributed by atoms with Gasteiger partial charge >= 0.3 is 11.9 Å². The van der Waals surface area contributed by atoms with Crippen molar-refractivity contribution in [3.63, 3.8) is 0 Å². The van der Waals surface area contributed by atoms with Crippen LogP contribution in [0.15, 0.2) is 18.2 Å². The Morgan fingerprint density at radius 1 is 1.35 bits per heavy atom. The van der Waals surface area contributed by atoms with Crippen LogP contribution in [-0.4, -0.2) is 29.7 Å². The van der Waals surface area contributed by atoms with Gasteiger partial charge in [-0.3, -0.25) is 4.79 Å². The second-order valence-corrected chi connectivity index (χ2v) is 4.59. The lowest BCUT2D eigenvalue weighted by Gasteiger charge is -2.16. The quantitative estimate of drug-likeness (QED) is 0.744. The van der Waals surface area contributed by atoms with E-state index in [1.165, 1.54) is 6.92 Å². The zero-order chi connectivity index (χ0) is 15.1. The summed E-state index contributed by atoms with van der Waals surface area (Å²) < 4.78 is 10.1. The fraction of sp³-hybridized carbons (Fsp3) is 0.429. The van der Waals surface area contributed by atoms with Crippen LogP contribution in [0.2, 0.25) is 0 Å². The largest absolute Gasteiger partial charge is 0.480 e. The van der Waals surface area contributed by atoms with Gasteiger partial charge in [-0.15, -0.1) is 0 Å². The third-order valence-electron chi connectivity index (χ3n) is 2.28. The maximum absolute atomic E-state index is 10.8. The number of hydrogen-bond acceptors (Lipinski definition) is 5. The van der Waals surface area contributed by atoms with Crippen LogP contribution in [0.1, 0.15) is 26.3 Å². The van der Waals surface area contributed by atoms with E-state index in [0.29, 0.717) is 11.4 Å². The van der Waals surface area contributed by atoms with Crippen LogP contribution in [0.4, 0.5) is 5.69 Å². The molecule has 1 aromatic carbocycles. The molecule has 1 aromatic rings. The molecule has 0 saturated carbocycles. The van der Waals surface area contributed by atoms with Crippen LogP contribution in [0, 0.1) is 0 Å². The van der Waals surface area contributed by atoms with E-state index in [1.807, 2.05) is 13.8 Å². The number of anilines is 1. The molecular formula is C14H19NO5. The number of nitrogens with one attached hydrogen (secondary N) is 1. The van der Waals surface area contributed by atoms with Crippen molar-refractivity contribution in [2.24, 2.45) is 0 Å². The molecule has 6 nitrogen and oxygen atoms in total. The van der Waals surface area contributed by atoms with E-state index in [2.05, 4.69) is 5.32 Å². The molecule has 0 aliphatic heterocycles. The van der Waals surface area contributed by atoms with Gasteiger partial charge in [-0.25, -0.2) is 4.79 Å². The molecule has 0 bridgehead atoms. The van der Waals surface area contributed by atoms with E-state index in [0.717, 1.165) is 5.56 Å². The molecule has 0 fully saturated rings. The molecule has 0 aliphatic carbocycles. The van der Waals surface area contributed by atoms with Crippen LogP contribution < -0.4 is 10.1 Å². The Balaban J connectivity index is 2.88. The molecule has 20 heavy (non-hydrogen) atoms. The molecule has 0 aromatic heterocycles. The summed E-state index contributed by atoms with van der Waals surface area (Å²) in [7, 11) is 0. The van der Waals surface area contributed by atoms with Crippen molar-refractivity contribution >= 4 is 17.6 Å². The van der Waals surface area contributed by atoms with Gasteiger partial charge in [0.15, 0.2) is 6.61 Å². The lowest BCUT2D eigenvalue weighted by atomic mass is 10.2. The van der Waals surface area contributed by atoms with E-state index in [9.17, 15) is 9.59 Å². The first-order valence-corrected chi connectivity index (χ1v) is 6.26. The van der Waals surface area contributed by atoms with Gasteiger partial charge in [0.1, 0.15) is 12.4 Å². The van der Waals surface area contributed by atoms with E-state index in [1.54, 1.807) is 18.2 Å². The number of esters is 1. The van der Waals surface area contributed by atoms with Crippen LogP contribution in [0.5, 0.6) is 5.75 Å². The molecule has 0 unspecified atom stereocenters. The Labute approximate surface area is 117 Å². The summed E-state index contributed by atoms with van der Waals surface area (Å²) in [5.41, 5.74) is 1.43. The van der Waals surface area contributed by atoms with Crippen LogP contribution in [0.3, 0.4) is 0 Å². The summed E-state index contributed by atoms with van der Waals surface area (Å²) in [6.45, 7) is 4.96. The Hall–Kier alpha value is -2.24. The third-order valence-corrected chi connectivity index (χ3v) is 2.28. The highest BCUT2D eigenvalue weighted by Gasteiger charge is 2.09. The van der Waals surface area contributed by atoms with Gasteiger partial charge in [-0.1, -0.05) is 6.07 Å². The van der Waals surface area contributed by atoms with E-state index >= 15 is 0 Å². The number of carbonyl (C=O) groups is 2. The summed E-state index contributed by atoms with van der Waals surface area (Å²) in [5, 5.41) is 11.8. The van der Waals surface area contributed by atoms with Gasteiger partial charge in [0, 0.05) is 13.0 Å². The molecule has 0 spiro atoms. The molecule has 110 valence electrons. The number of hydrogen-bond donors (Lipinski definition) is 2. The van der Waals surface area contributed by atoms with Crippen LogP contribution >= 0.6 is 0 Å². The number of rotatable bonds is 7. The topological polar surface area (TPSA) is 84.9 Å². The number of ether oxygens (including phenoxy) is 2. The smallest absolute Gasteiger partial charge is 0.341 e. The predicted molar refractivity (Wildman–Crippen MR) is 73.8 cm³/mol. The molecule has 1 rings (SSSR count). The van der Waals surface area contributed by atoms with Crippen molar-refractivity contribution in [1.29, 1.82) is 0 Å². The average Bonchev–Trinajstić information content (AvgIpc) is 2.35. The van der Waals surface area contributed by atoms with Crippen molar-refractivity contribution < 1.29 is 24.2 Å². The first kappa shape index (κ1) is 15.8. The summed E-state index contributed by atoms with van der Waals surface area (Å²) in [6, 6.07) is 5.41. The van der Waals surface area contributed by atoms with Gasteiger partial charge in [-0.2, -0.15) is 0 Å². The number of carboxylic acids is 1. The maximum atomic E-state index is 10.8. The molecule has 0 heterocycles. The molecular weight excluding hydrogens is 262 g/mol. The SMILES string of the molecule is CC(=O)OCc1ccc(NC(C)C)c(OCC(=O)O)c1.